The van der Waals surface area contributed by atoms with Crippen LogP contribution in [0.25, 0.3) is 0 Å². The summed E-state index contributed by atoms with van der Waals surface area (Å²) >= 11 is 0.125. The number of carbonyl (C=O) groups excluding carboxylic acids is 1. The lowest BCUT2D eigenvalue weighted by Crippen LogP contribution is -2.25. The highest BCUT2D eigenvalue weighted by Crippen LogP contribution is 2.43. The zero-order valence-electron chi connectivity index (χ0n) is 18.1. The molecule has 3 rings (SSSR count). The van der Waals surface area contributed by atoms with Gasteiger partial charge in [-0.25, -0.2) is 31.4 Å². The van der Waals surface area contributed by atoms with E-state index in [2.05, 4.69) is 5.10 Å². The Morgan fingerprint density at radius 2 is 1.53 bits per heavy atom. The van der Waals surface area contributed by atoms with Crippen LogP contribution < -0.4 is 4.74 Å². The van der Waals surface area contributed by atoms with Gasteiger partial charge in [0.05, 0.1) is 25.9 Å². The molecule has 0 bridgehead atoms. The number of benzene rings is 2. The molecule has 34 heavy (non-hydrogen) atoms. The summed E-state index contributed by atoms with van der Waals surface area (Å²) in [6.07, 6.45) is 0. The van der Waals surface area contributed by atoms with Crippen molar-refractivity contribution in [1.29, 1.82) is 0 Å². The second-order valence-electron chi connectivity index (χ2n) is 7.97. The highest BCUT2D eigenvalue weighted by Gasteiger charge is 2.33. The molecule has 0 aliphatic heterocycles. The molecule has 2 aromatic carbocycles. The minimum Gasteiger partial charge on any atom is -0.403 e. The third-order valence-electron chi connectivity index (χ3n) is 4.48. The molecule has 0 saturated carbocycles. The Morgan fingerprint density at radius 1 is 1.00 bits per heavy atom. The van der Waals surface area contributed by atoms with E-state index in [0.717, 1.165) is 12.1 Å². The first-order valence-corrected chi connectivity index (χ1v) is 10.3. The number of halogens is 5. The number of rotatable bonds is 5. The second kappa shape index (κ2) is 9.05. The van der Waals surface area contributed by atoms with Crippen molar-refractivity contribution in [3.63, 3.8) is 0 Å². The molecule has 1 aromatic heterocycles. The van der Waals surface area contributed by atoms with Crippen LogP contribution in [0.3, 0.4) is 0 Å². The van der Waals surface area contributed by atoms with E-state index in [-0.39, 0.29) is 28.2 Å². The fourth-order valence-corrected chi connectivity index (χ4v) is 3.84. The van der Waals surface area contributed by atoms with E-state index in [9.17, 15) is 36.9 Å². The SMILES string of the molecule is Cc1nn(C(C)(C)C)c(OC(=O)c2ccccc2[N+](=O)[O-])c1Sc1c(F)c(F)c(F)c(F)c1F. The van der Waals surface area contributed by atoms with Gasteiger partial charge < -0.3 is 4.74 Å². The maximum absolute atomic E-state index is 14.3. The van der Waals surface area contributed by atoms with E-state index in [1.807, 2.05) is 0 Å². The largest absolute Gasteiger partial charge is 0.403 e. The number of carbonyl (C=O) groups is 1. The molecule has 3 aromatic rings. The van der Waals surface area contributed by atoms with Crippen molar-refractivity contribution in [2.45, 2.75) is 43.0 Å². The fourth-order valence-electron chi connectivity index (χ4n) is 2.88. The first kappa shape index (κ1) is 25.1. The molecule has 180 valence electrons. The standard InChI is InChI=1S/C21H16F5N3O4S/c1-9-17(34-18-15(25)13(23)12(22)14(24)16(18)26)19(28(27-9)21(2,3)4)33-20(30)10-7-5-6-8-11(10)29(31)32/h5-8H,1-4H3. The van der Waals surface area contributed by atoms with Crippen LogP contribution in [0, 0.1) is 46.1 Å². The summed E-state index contributed by atoms with van der Waals surface area (Å²) in [6.45, 7) is 6.32. The van der Waals surface area contributed by atoms with Gasteiger partial charge in [0.2, 0.25) is 11.7 Å². The van der Waals surface area contributed by atoms with Crippen molar-refractivity contribution in [2.24, 2.45) is 0 Å². The number of ether oxygens (including phenoxy) is 1. The summed E-state index contributed by atoms with van der Waals surface area (Å²) in [5.74, 6) is -12.3. The zero-order chi connectivity index (χ0) is 25.5. The summed E-state index contributed by atoms with van der Waals surface area (Å²) in [5, 5.41) is 15.5. The van der Waals surface area contributed by atoms with Gasteiger partial charge in [0.1, 0.15) is 5.56 Å². The molecule has 0 amide bonds. The van der Waals surface area contributed by atoms with Gasteiger partial charge in [-0.15, -0.1) is 0 Å². The van der Waals surface area contributed by atoms with Crippen LogP contribution in [0.2, 0.25) is 0 Å². The summed E-state index contributed by atoms with van der Waals surface area (Å²) in [7, 11) is 0. The number of nitro groups is 1. The Kier molecular flexibility index (Phi) is 6.69. The van der Waals surface area contributed by atoms with E-state index in [1.165, 1.54) is 23.7 Å². The van der Waals surface area contributed by atoms with E-state index in [1.54, 1.807) is 20.8 Å². The summed E-state index contributed by atoms with van der Waals surface area (Å²) in [6, 6.07) is 4.92. The van der Waals surface area contributed by atoms with Gasteiger partial charge in [0.15, 0.2) is 23.3 Å². The van der Waals surface area contributed by atoms with Gasteiger partial charge in [-0.2, -0.15) is 5.10 Å². The van der Waals surface area contributed by atoms with Gasteiger partial charge >= 0.3 is 5.97 Å². The van der Waals surface area contributed by atoms with Crippen LogP contribution in [-0.2, 0) is 5.54 Å². The lowest BCUT2D eigenvalue weighted by atomic mass is 10.1. The van der Waals surface area contributed by atoms with Gasteiger partial charge in [0.25, 0.3) is 5.69 Å². The molecule has 13 heteroatoms. The Balaban J connectivity index is 2.17. The van der Waals surface area contributed by atoms with Crippen LogP contribution in [0.4, 0.5) is 27.6 Å². The van der Waals surface area contributed by atoms with Crippen LogP contribution in [-0.4, -0.2) is 20.7 Å². The van der Waals surface area contributed by atoms with Crippen molar-refractivity contribution in [3.8, 4) is 5.88 Å². The monoisotopic (exact) mass is 501 g/mol. The summed E-state index contributed by atoms with van der Waals surface area (Å²) in [5.41, 5.74) is -1.80. The molecular weight excluding hydrogens is 485 g/mol. The van der Waals surface area contributed by atoms with Crippen LogP contribution >= 0.6 is 11.8 Å². The van der Waals surface area contributed by atoms with Crippen molar-refractivity contribution < 1.29 is 36.4 Å². The number of hydrogen-bond donors (Lipinski definition) is 0. The fraction of sp³-hybridized carbons (Fsp3) is 0.238. The number of aromatic nitrogens is 2. The molecule has 0 fully saturated rings. The zero-order valence-corrected chi connectivity index (χ0v) is 18.9. The molecule has 0 aliphatic rings. The normalized spacial score (nSPS) is 11.6. The molecule has 0 N–H and O–H groups in total. The topological polar surface area (TPSA) is 87.3 Å². The van der Waals surface area contributed by atoms with E-state index < -0.39 is 61.7 Å². The molecular formula is C21H16F5N3O4S. The number of aryl methyl sites for hydroxylation is 1. The lowest BCUT2D eigenvalue weighted by molar-refractivity contribution is -0.385. The van der Waals surface area contributed by atoms with E-state index >= 15 is 0 Å². The second-order valence-corrected chi connectivity index (χ2v) is 8.99. The van der Waals surface area contributed by atoms with Crippen LogP contribution in [0.5, 0.6) is 5.88 Å². The van der Waals surface area contributed by atoms with Crippen LogP contribution in [0.1, 0.15) is 36.8 Å². The van der Waals surface area contributed by atoms with Crippen molar-refractivity contribution in [3.05, 3.63) is 74.7 Å². The average Bonchev–Trinajstić information content (AvgIpc) is 3.09. The predicted octanol–water partition coefficient (Wildman–Crippen LogP) is 5.92. The summed E-state index contributed by atoms with van der Waals surface area (Å²) < 4.78 is 76.0. The van der Waals surface area contributed by atoms with Crippen molar-refractivity contribution in [2.75, 3.05) is 0 Å². The Labute approximate surface area is 193 Å². The molecule has 0 unspecified atom stereocenters. The van der Waals surface area contributed by atoms with Gasteiger partial charge in [0, 0.05) is 6.07 Å². The minimum atomic E-state index is -2.32. The average molecular weight is 501 g/mol. The maximum Gasteiger partial charge on any atom is 0.351 e. The minimum absolute atomic E-state index is 0.0502. The van der Waals surface area contributed by atoms with Gasteiger partial charge in [-0.3, -0.25) is 10.1 Å². The maximum atomic E-state index is 14.3. The highest BCUT2D eigenvalue weighted by molar-refractivity contribution is 7.99. The van der Waals surface area contributed by atoms with E-state index in [4.69, 9.17) is 4.74 Å². The van der Waals surface area contributed by atoms with Crippen LogP contribution in [0.15, 0.2) is 34.1 Å². The smallest absolute Gasteiger partial charge is 0.351 e. The molecule has 0 radical (unpaired) electrons. The quantitative estimate of drug-likeness (QED) is 0.108. The Hall–Kier alpha value is -3.48. The number of esters is 1. The molecule has 0 saturated heterocycles. The first-order valence-electron chi connectivity index (χ1n) is 9.50. The van der Waals surface area contributed by atoms with E-state index in [0.29, 0.717) is 0 Å². The van der Waals surface area contributed by atoms with Crippen molar-refractivity contribution >= 4 is 23.4 Å². The molecule has 7 nitrogen and oxygen atoms in total. The molecule has 0 aliphatic carbocycles. The molecule has 0 atom stereocenters. The first-order chi connectivity index (χ1) is 15.8. The van der Waals surface area contributed by atoms with Gasteiger partial charge in [-0.05, 0) is 33.8 Å². The Morgan fingerprint density at radius 3 is 2.06 bits per heavy atom. The Bertz CT molecular complexity index is 1290. The highest BCUT2D eigenvalue weighted by atomic mass is 32.2. The number of nitro benzene ring substituents is 1. The predicted molar refractivity (Wildman–Crippen MR) is 110 cm³/mol. The molecule has 0 spiro atoms. The number of nitrogens with zero attached hydrogens (tertiary/aromatic N) is 3. The third-order valence-corrected chi connectivity index (χ3v) is 5.72. The summed E-state index contributed by atoms with van der Waals surface area (Å²) in [4.78, 5) is 21.9. The van der Waals surface area contributed by atoms with Gasteiger partial charge in [-0.1, -0.05) is 23.9 Å². The third kappa shape index (κ3) is 4.47. The molecule has 1 heterocycles. The lowest BCUT2D eigenvalue weighted by Gasteiger charge is -2.22. The number of para-hydroxylation sites is 1. The van der Waals surface area contributed by atoms with Crippen molar-refractivity contribution in [1.82, 2.24) is 9.78 Å². The number of hydrogen-bond acceptors (Lipinski definition) is 6.